The molecule has 0 spiro atoms. The van der Waals surface area contributed by atoms with Crippen LogP contribution in [0.15, 0.2) is 30.3 Å². The highest BCUT2D eigenvalue weighted by molar-refractivity contribution is 6.32. The number of Topliss-reactive ketones (excluding diaryl/α,β-unsaturated/α-hetero) is 1. The van der Waals surface area contributed by atoms with Crippen LogP contribution in [0.5, 0.6) is 0 Å². The van der Waals surface area contributed by atoms with E-state index in [2.05, 4.69) is 5.10 Å². The van der Waals surface area contributed by atoms with E-state index in [0.717, 1.165) is 5.69 Å². The Kier molecular flexibility index (Phi) is 4.57. The number of aromatic nitrogens is 2. The van der Waals surface area contributed by atoms with Crippen LogP contribution in [-0.4, -0.2) is 20.7 Å². The van der Waals surface area contributed by atoms with E-state index < -0.39 is 6.10 Å². The fraction of sp³-hybridized carbons (Fsp3) is 0.333. The van der Waals surface area contributed by atoms with Crippen LogP contribution in [0.25, 0.3) is 0 Å². The monoisotopic (exact) mass is 292 g/mol. The van der Waals surface area contributed by atoms with E-state index in [9.17, 15) is 9.90 Å². The molecule has 1 unspecified atom stereocenters. The molecular weight excluding hydrogens is 276 g/mol. The summed E-state index contributed by atoms with van der Waals surface area (Å²) in [6.07, 6.45) is -0.354. The highest BCUT2D eigenvalue weighted by Gasteiger charge is 2.22. The normalized spacial score (nSPS) is 12.4. The van der Waals surface area contributed by atoms with E-state index in [1.807, 2.05) is 13.0 Å². The first-order chi connectivity index (χ1) is 9.54. The molecule has 0 aliphatic rings. The fourth-order valence-corrected chi connectivity index (χ4v) is 2.46. The van der Waals surface area contributed by atoms with Crippen molar-refractivity contribution in [2.45, 2.75) is 25.9 Å². The van der Waals surface area contributed by atoms with E-state index in [1.54, 1.807) is 36.0 Å². The van der Waals surface area contributed by atoms with Crippen molar-refractivity contribution >= 4 is 17.4 Å². The van der Waals surface area contributed by atoms with Gasteiger partial charge in [-0.2, -0.15) is 5.10 Å². The maximum atomic E-state index is 12.2. The Labute approximate surface area is 123 Å². The predicted octanol–water partition coefficient (Wildman–Crippen LogP) is 2.48. The Morgan fingerprint density at radius 2 is 2.05 bits per heavy atom. The van der Waals surface area contributed by atoms with Crippen LogP contribution in [0.2, 0.25) is 5.02 Å². The molecule has 106 valence electrons. The predicted molar refractivity (Wildman–Crippen MR) is 77.7 cm³/mol. The lowest BCUT2D eigenvalue weighted by Crippen LogP contribution is -2.16. The van der Waals surface area contributed by atoms with Gasteiger partial charge in [-0.25, -0.2) is 0 Å². The molecule has 0 aliphatic carbocycles. The molecule has 2 rings (SSSR count). The van der Waals surface area contributed by atoms with E-state index in [1.165, 1.54) is 0 Å². The standard InChI is InChI=1S/C15H17ClN2O2/c1-3-11-14(16)12(18(2)17-11)9-13(19)15(20)10-7-5-4-6-8-10/h4-8,15,20H,3,9H2,1-2H3. The quantitative estimate of drug-likeness (QED) is 0.921. The zero-order valence-electron chi connectivity index (χ0n) is 11.5. The lowest BCUT2D eigenvalue weighted by atomic mass is 10.0. The lowest BCUT2D eigenvalue weighted by Gasteiger charge is -2.10. The number of nitrogens with zero attached hydrogens (tertiary/aromatic N) is 2. The minimum atomic E-state index is -1.13. The summed E-state index contributed by atoms with van der Waals surface area (Å²) < 4.78 is 1.61. The molecule has 1 N–H and O–H groups in total. The van der Waals surface area contributed by atoms with Crippen molar-refractivity contribution in [3.05, 3.63) is 52.3 Å². The third-order valence-corrected chi connectivity index (χ3v) is 3.70. The number of ketones is 1. The average Bonchev–Trinajstić information content (AvgIpc) is 2.74. The van der Waals surface area contributed by atoms with Gasteiger partial charge in [0.2, 0.25) is 0 Å². The first kappa shape index (κ1) is 14.8. The van der Waals surface area contributed by atoms with Crippen LogP contribution in [0.3, 0.4) is 0 Å². The van der Waals surface area contributed by atoms with E-state index in [-0.39, 0.29) is 12.2 Å². The van der Waals surface area contributed by atoms with Crippen molar-refractivity contribution in [1.29, 1.82) is 0 Å². The van der Waals surface area contributed by atoms with Crippen LogP contribution in [-0.2, 0) is 24.7 Å². The summed E-state index contributed by atoms with van der Waals surface area (Å²) in [5, 5.41) is 14.9. The number of aryl methyl sites for hydroxylation is 2. The topological polar surface area (TPSA) is 55.1 Å². The molecule has 1 atom stereocenters. The second kappa shape index (κ2) is 6.20. The number of hydrogen-bond donors (Lipinski definition) is 1. The summed E-state index contributed by atoms with van der Waals surface area (Å²) in [4.78, 5) is 12.2. The maximum absolute atomic E-state index is 12.2. The number of carbonyl (C=O) groups excluding carboxylic acids is 1. The second-order valence-electron chi connectivity index (χ2n) is 4.64. The summed E-state index contributed by atoms with van der Waals surface area (Å²) in [6, 6.07) is 8.87. The molecule has 20 heavy (non-hydrogen) atoms. The molecular formula is C15H17ClN2O2. The number of carbonyl (C=O) groups is 1. The number of hydrogen-bond acceptors (Lipinski definition) is 3. The summed E-state index contributed by atoms with van der Waals surface area (Å²) in [5.41, 5.74) is 2.00. The van der Waals surface area contributed by atoms with Gasteiger partial charge in [0.1, 0.15) is 6.10 Å². The molecule has 0 bridgehead atoms. The highest BCUT2D eigenvalue weighted by atomic mass is 35.5. The molecule has 0 saturated carbocycles. The number of benzene rings is 1. The number of rotatable bonds is 5. The Bertz CT molecular complexity index is 608. The molecule has 1 aromatic carbocycles. The van der Waals surface area contributed by atoms with Gasteiger partial charge in [-0.1, -0.05) is 48.9 Å². The van der Waals surface area contributed by atoms with Crippen LogP contribution >= 0.6 is 11.6 Å². The zero-order valence-corrected chi connectivity index (χ0v) is 12.3. The zero-order chi connectivity index (χ0) is 14.7. The van der Waals surface area contributed by atoms with Gasteiger partial charge < -0.3 is 5.11 Å². The molecule has 1 heterocycles. The van der Waals surface area contributed by atoms with E-state index >= 15 is 0 Å². The van der Waals surface area contributed by atoms with E-state index in [0.29, 0.717) is 22.7 Å². The first-order valence-corrected chi connectivity index (χ1v) is 6.88. The molecule has 0 aliphatic heterocycles. The average molecular weight is 293 g/mol. The molecule has 0 saturated heterocycles. The molecule has 4 nitrogen and oxygen atoms in total. The number of halogens is 1. The summed E-state index contributed by atoms with van der Waals surface area (Å²) in [6.45, 7) is 1.96. The third-order valence-electron chi connectivity index (χ3n) is 3.26. The van der Waals surface area contributed by atoms with Gasteiger partial charge in [-0.3, -0.25) is 9.48 Å². The highest BCUT2D eigenvalue weighted by Crippen LogP contribution is 2.23. The van der Waals surface area contributed by atoms with Gasteiger partial charge in [0.05, 0.1) is 22.8 Å². The molecule has 0 amide bonds. The smallest absolute Gasteiger partial charge is 0.171 e. The second-order valence-corrected chi connectivity index (χ2v) is 5.02. The van der Waals surface area contributed by atoms with Crippen molar-refractivity contribution < 1.29 is 9.90 Å². The summed E-state index contributed by atoms with van der Waals surface area (Å²) in [7, 11) is 1.75. The van der Waals surface area contributed by atoms with Gasteiger partial charge in [0.15, 0.2) is 5.78 Å². The van der Waals surface area contributed by atoms with Gasteiger partial charge in [0, 0.05) is 7.05 Å². The van der Waals surface area contributed by atoms with Crippen LogP contribution in [0.4, 0.5) is 0 Å². The van der Waals surface area contributed by atoms with Crippen molar-refractivity contribution in [2.75, 3.05) is 0 Å². The van der Waals surface area contributed by atoms with Crippen LogP contribution in [0, 0.1) is 0 Å². The van der Waals surface area contributed by atoms with Gasteiger partial charge in [-0.05, 0) is 12.0 Å². The molecule has 0 radical (unpaired) electrons. The fourth-order valence-electron chi connectivity index (χ4n) is 2.09. The summed E-state index contributed by atoms with van der Waals surface area (Å²) in [5.74, 6) is -0.288. The van der Waals surface area contributed by atoms with Gasteiger partial charge in [0.25, 0.3) is 0 Å². The van der Waals surface area contributed by atoms with Crippen LogP contribution < -0.4 is 0 Å². The molecule has 0 fully saturated rings. The lowest BCUT2D eigenvalue weighted by molar-refractivity contribution is -0.126. The minimum absolute atomic E-state index is 0.0679. The largest absolute Gasteiger partial charge is 0.381 e. The van der Waals surface area contributed by atoms with Crippen LogP contribution in [0.1, 0.15) is 30.0 Å². The Balaban J connectivity index is 2.18. The van der Waals surface area contributed by atoms with Crippen molar-refractivity contribution in [2.24, 2.45) is 7.05 Å². The van der Waals surface area contributed by atoms with Crippen molar-refractivity contribution in [1.82, 2.24) is 9.78 Å². The summed E-state index contributed by atoms with van der Waals surface area (Å²) >= 11 is 6.21. The minimum Gasteiger partial charge on any atom is -0.381 e. The third kappa shape index (κ3) is 2.92. The Morgan fingerprint density at radius 1 is 1.40 bits per heavy atom. The Morgan fingerprint density at radius 3 is 2.60 bits per heavy atom. The Hall–Kier alpha value is -1.65. The van der Waals surface area contributed by atoms with Gasteiger partial charge >= 0.3 is 0 Å². The first-order valence-electron chi connectivity index (χ1n) is 6.50. The maximum Gasteiger partial charge on any atom is 0.171 e. The van der Waals surface area contributed by atoms with E-state index in [4.69, 9.17) is 11.6 Å². The SMILES string of the molecule is CCc1nn(C)c(CC(=O)C(O)c2ccccc2)c1Cl. The van der Waals surface area contributed by atoms with Gasteiger partial charge in [-0.15, -0.1) is 0 Å². The van der Waals surface area contributed by atoms with Crippen molar-refractivity contribution in [3.63, 3.8) is 0 Å². The number of aliphatic hydroxyl groups excluding tert-OH is 1. The molecule has 2 aromatic rings. The number of aliphatic hydroxyl groups is 1. The molecule has 5 heteroatoms. The van der Waals surface area contributed by atoms with Crippen molar-refractivity contribution in [3.8, 4) is 0 Å². The molecule has 1 aromatic heterocycles.